The van der Waals surface area contributed by atoms with Gasteiger partial charge in [0.25, 0.3) is 0 Å². The Bertz CT molecular complexity index is 856. The average Bonchev–Trinajstić information content (AvgIpc) is 2.95. The molecular weight excluding hydrogens is 367 g/mol. The van der Waals surface area contributed by atoms with Crippen LogP contribution in [0.15, 0.2) is 53.4 Å². The van der Waals surface area contributed by atoms with Gasteiger partial charge in [-0.2, -0.15) is 13.2 Å². The molecule has 3 aromatic rings. The number of aromatic hydroxyl groups is 1. The summed E-state index contributed by atoms with van der Waals surface area (Å²) < 4.78 is 37.9. The first kappa shape index (κ1) is 17.8. The maximum atomic E-state index is 12.6. The van der Waals surface area contributed by atoms with Gasteiger partial charge in [0.2, 0.25) is 0 Å². The van der Waals surface area contributed by atoms with Crippen molar-refractivity contribution in [2.24, 2.45) is 0 Å². The number of phenolic OH excluding ortho intramolecular Hbond substituents is 1. The summed E-state index contributed by atoms with van der Waals surface area (Å²) in [5.41, 5.74) is 0.904. The van der Waals surface area contributed by atoms with Gasteiger partial charge in [0.1, 0.15) is 10.8 Å². The van der Waals surface area contributed by atoms with Crippen LogP contribution in [0.2, 0.25) is 0 Å². The van der Waals surface area contributed by atoms with Gasteiger partial charge >= 0.3 is 6.18 Å². The lowest BCUT2D eigenvalue weighted by Gasteiger charge is -2.06. The van der Waals surface area contributed by atoms with Crippen LogP contribution < -0.4 is 0 Å². The minimum absolute atomic E-state index is 0.225. The number of thiazole rings is 1. The molecule has 0 saturated carbocycles. The molecule has 0 amide bonds. The minimum atomic E-state index is -4.33. The van der Waals surface area contributed by atoms with Crippen molar-refractivity contribution in [3.8, 4) is 16.3 Å². The molecule has 130 valence electrons. The van der Waals surface area contributed by atoms with E-state index in [-0.39, 0.29) is 5.75 Å². The smallest absolute Gasteiger partial charge is 0.416 e. The van der Waals surface area contributed by atoms with Crippen LogP contribution >= 0.6 is 23.1 Å². The van der Waals surface area contributed by atoms with Gasteiger partial charge in [-0.25, -0.2) is 4.98 Å². The molecule has 0 bridgehead atoms. The summed E-state index contributed by atoms with van der Waals surface area (Å²) >= 11 is 3.11. The third-order valence-corrected chi connectivity index (χ3v) is 5.99. The predicted octanol–water partition coefficient (Wildman–Crippen LogP) is 6.14. The maximum Gasteiger partial charge on any atom is 0.416 e. The molecule has 0 atom stereocenters. The second-order valence-electron chi connectivity index (χ2n) is 5.39. The molecular formula is C18H14F3NOS2. The lowest BCUT2D eigenvalue weighted by molar-refractivity contribution is -0.137. The number of nitrogens with zero attached hydrogens (tertiary/aromatic N) is 1. The SMILES string of the molecule is Cc1nc(-c2ccc(C(F)(F)F)cc2)sc1CSc1ccc(O)cc1. The summed E-state index contributed by atoms with van der Waals surface area (Å²) in [5, 5.41) is 10.0. The van der Waals surface area contributed by atoms with Crippen molar-refractivity contribution in [2.75, 3.05) is 0 Å². The van der Waals surface area contributed by atoms with Crippen LogP contribution in [0.25, 0.3) is 10.6 Å². The number of phenols is 1. The van der Waals surface area contributed by atoms with Crippen molar-refractivity contribution < 1.29 is 18.3 Å². The van der Waals surface area contributed by atoms with E-state index in [2.05, 4.69) is 4.98 Å². The van der Waals surface area contributed by atoms with E-state index in [4.69, 9.17) is 0 Å². The molecule has 3 rings (SSSR count). The van der Waals surface area contributed by atoms with E-state index in [0.29, 0.717) is 10.6 Å². The summed E-state index contributed by atoms with van der Waals surface area (Å²) in [4.78, 5) is 6.59. The van der Waals surface area contributed by atoms with E-state index in [1.165, 1.54) is 23.5 Å². The number of aromatic nitrogens is 1. The van der Waals surface area contributed by atoms with Crippen molar-refractivity contribution in [1.82, 2.24) is 4.98 Å². The van der Waals surface area contributed by atoms with E-state index in [1.807, 2.05) is 19.1 Å². The lowest BCUT2D eigenvalue weighted by atomic mass is 10.1. The Morgan fingerprint density at radius 2 is 1.68 bits per heavy atom. The number of halogens is 3. The highest BCUT2D eigenvalue weighted by Gasteiger charge is 2.30. The molecule has 0 radical (unpaired) electrons. The summed E-state index contributed by atoms with van der Waals surface area (Å²) in [7, 11) is 0. The van der Waals surface area contributed by atoms with Crippen LogP contribution in [0.4, 0.5) is 13.2 Å². The summed E-state index contributed by atoms with van der Waals surface area (Å²) in [6.07, 6.45) is -4.33. The Balaban J connectivity index is 1.74. The summed E-state index contributed by atoms with van der Waals surface area (Å²) in [6, 6.07) is 12.0. The van der Waals surface area contributed by atoms with Crippen LogP contribution in [0.5, 0.6) is 5.75 Å². The normalized spacial score (nSPS) is 11.7. The quantitative estimate of drug-likeness (QED) is 0.552. The fraction of sp³-hybridized carbons (Fsp3) is 0.167. The highest BCUT2D eigenvalue weighted by atomic mass is 32.2. The van der Waals surface area contributed by atoms with Crippen molar-refractivity contribution in [3.05, 3.63) is 64.7 Å². The molecule has 0 fully saturated rings. The number of aryl methyl sites for hydroxylation is 1. The second kappa shape index (κ2) is 7.09. The number of hydrogen-bond acceptors (Lipinski definition) is 4. The van der Waals surface area contributed by atoms with E-state index in [0.717, 1.165) is 33.4 Å². The molecule has 7 heteroatoms. The van der Waals surface area contributed by atoms with E-state index in [9.17, 15) is 18.3 Å². The zero-order valence-corrected chi connectivity index (χ0v) is 14.8. The monoisotopic (exact) mass is 381 g/mol. The van der Waals surface area contributed by atoms with Crippen LogP contribution in [0.3, 0.4) is 0 Å². The van der Waals surface area contributed by atoms with E-state index in [1.54, 1.807) is 23.9 Å². The van der Waals surface area contributed by atoms with Gasteiger partial charge in [0.15, 0.2) is 0 Å². The van der Waals surface area contributed by atoms with Crippen molar-refractivity contribution >= 4 is 23.1 Å². The van der Waals surface area contributed by atoms with Crippen LogP contribution in [-0.4, -0.2) is 10.1 Å². The highest BCUT2D eigenvalue weighted by molar-refractivity contribution is 7.98. The van der Waals surface area contributed by atoms with Gasteiger partial charge in [0, 0.05) is 21.1 Å². The zero-order valence-electron chi connectivity index (χ0n) is 13.2. The third kappa shape index (κ3) is 4.35. The molecule has 0 aliphatic carbocycles. The van der Waals surface area contributed by atoms with Crippen LogP contribution in [0, 0.1) is 6.92 Å². The molecule has 1 heterocycles. The van der Waals surface area contributed by atoms with Gasteiger partial charge in [-0.3, -0.25) is 0 Å². The van der Waals surface area contributed by atoms with Gasteiger partial charge < -0.3 is 5.11 Å². The Morgan fingerprint density at radius 3 is 2.28 bits per heavy atom. The van der Waals surface area contributed by atoms with Crippen molar-refractivity contribution in [1.29, 1.82) is 0 Å². The van der Waals surface area contributed by atoms with Crippen LogP contribution in [0.1, 0.15) is 16.1 Å². The number of hydrogen-bond donors (Lipinski definition) is 1. The first-order valence-electron chi connectivity index (χ1n) is 7.39. The summed E-state index contributed by atoms with van der Waals surface area (Å²) in [6.45, 7) is 1.90. The number of rotatable bonds is 4. The van der Waals surface area contributed by atoms with Crippen LogP contribution in [-0.2, 0) is 11.9 Å². The van der Waals surface area contributed by atoms with Gasteiger partial charge in [-0.05, 0) is 43.3 Å². The summed E-state index contributed by atoms with van der Waals surface area (Å²) in [5.74, 6) is 0.942. The molecule has 25 heavy (non-hydrogen) atoms. The standard InChI is InChI=1S/C18H14F3NOS2/c1-11-16(10-24-15-8-6-14(23)7-9-15)25-17(22-11)12-2-4-13(5-3-12)18(19,20)21/h2-9,23H,10H2,1H3. The Morgan fingerprint density at radius 1 is 1.04 bits per heavy atom. The molecule has 0 aliphatic rings. The predicted molar refractivity (Wildman–Crippen MR) is 95.0 cm³/mol. The molecule has 0 aliphatic heterocycles. The Labute approximate surface area is 151 Å². The molecule has 1 aromatic heterocycles. The molecule has 0 spiro atoms. The maximum absolute atomic E-state index is 12.6. The first-order chi connectivity index (χ1) is 11.8. The molecule has 2 nitrogen and oxygen atoms in total. The molecule has 0 saturated heterocycles. The second-order valence-corrected chi connectivity index (χ2v) is 7.52. The minimum Gasteiger partial charge on any atom is -0.508 e. The highest BCUT2D eigenvalue weighted by Crippen LogP contribution is 2.35. The number of thioether (sulfide) groups is 1. The molecule has 1 N–H and O–H groups in total. The fourth-order valence-corrected chi connectivity index (χ4v) is 4.29. The number of benzene rings is 2. The van der Waals surface area contributed by atoms with Gasteiger partial charge in [-0.15, -0.1) is 23.1 Å². The largest absolute Gasteiger partial charge is 0.508 e. The van der Waals surface area contributed by atoms with Crippen molar-refractivity contribution in [3.63, 3.8) is 0 Å². The van der Waals surface area contributed by atoms with E-state index < -0.39 is 11.7 Å². The Hall–Kier alpha value is -1.99. The molecule has 2 aromatic carbocycles. The fourth-order valence-electron chi connectivity index (χ4n) is 2.18. The van der Waals surface area contributed by atoms with Crippen molar-refractivity contribution in [2.45, 2.75) is 23.7 Å². The van der Waals surface area contributed by atoms with E-state index >= 15 is 0 Å². The zero-order chi connectivity index (χ0) is 18.0. The average molecular weight is 381 g/mol. The first-order valence-corrected chi connectivity index (χ1v) is 9.19. The van der Waals surface area contributed by atoms with Gasteiger partial charge in [-0.1, -0.05) is 12.1 Å². The molecule has 0 unspecified atom stereocenters. The Kier molecular flexibility index (Phi) is 5.06. The number of alkyl halides is 3. The lowest BCUT2D eigenvalue weighted by Crippen LogP contribution is -2.03. The topological polar surface area (TPSA) is 33.1 Å². The third-order valence-electron chi connectivity index (χ3n) is 3.56. The van der Waals surface area contributed by atoms with Gasteiger partial charge in [0.05, 0.1) is 11.3 Å².